The summed E-state index contributed by atoms with van der Waals surface area (Å²) in [6, 6.07) is 6.65. The van der Waals surface area contributed by atoms with E-state index in [1.807, 2.05) is 0 Å². The van der Waals surface area contributed by atoms with Crippen molar-refractivity contribution < 1.29 is 9.31 Å². The van der Waals surface area contributed by atoms with Crippen LogP contribution in [0.4, 0.5) is 5.69 Å². The van der Waals surface area contributed by atoms with Gasteiger partial charge in [-0.05, 0) is 70.5 Å². The summed E-state index contributed by atoms with van der Waals surface area (Å²) >= 11 is 0. The lowest BCUT2D eigenvalue weighted by Crippen LogP contribution is -2.41. The van der Waals surface area contributed by atoms with Crippen molar-refractivity contribution in [3.63, 3.8) is 0 Å². The van der Waals surface area contributed by atoms with Gasteiger partial charge in [-0.3, -0.25) is 0 Å². The van der Waals surface area contributed by atoms with E-state index in [1.54, 1.807) is 0 Å². The van der Waals surface area contributed by atoms with Gasteiger partial charge in [0.2, 0.25) is 0 Å². The molecule has 2 saturated heterocycles. The van der Waals surface area contributed by atoms with E-state index in [2.05, 4.69) is 64.6 Å². The van der Waals surface area contributed by atoms with Crippen LogP contribution in [0.3, 0.4) is 0 Å². The Labute approximate surface area is 141 Å². The predicted octanol–water partition coefficient (Wildman–Crippen LogP) is 3.53. The fourth-order valence-electron chi connectivity index (χ4n) is 3.57. The second kappa shape index (κ2) is 5.82. The molecule has 0 N–H and O–H groups in total. The Hall–Kier alpha value is -0.995. The van der Waals surface area contributed by atoms with Crippen molar-refractivity contribution in [1.29, 1.82) is 0 Å². The normalized spacial score (nSPS) is 26.6. The van der Waals surface area contributed by atoms with Crippen molar-refractivity contribution in [3.05, 3.63) is 23.8 Å². The molecule has 1 atom stereocenters. The van der Waals surface area contributed by atoms with Crippen LogP contribution in [-0.4, -0.2) is 31.4 Å². The number of rotatable bonds is 2. The summed E-state index contributed by atoms with van der Waals surface area (Å²) < 4.78 is 12.3. The minimum atomic E-state index is -0.285. The van der Waals surface area contributed by atoms with Crippen molar-refractivity contribution in [2.45, 2.75) is 65.6 Å². The molecule has 1 aromatic carbocycles. The quantitative estimate of drug-likeness (QED) is 0.779. The molecule has 2 aliphatic rings. The van der Waals surface area contributed by atoms with Crippen molar-refractivity contribution in [1.82, 2.24) is 0 Å². The highest BCUT2D eigenvalue weighted by atomic mass is 16.7. The zero-order chi connectivity index (χ0) is 16.8. The average Bonchev–Trinajstić information content (AvgIpc) is 2.67. The molecule has 0 aliphatic carbocycles. The smallest absolute Gasteiger partial charge is 0.399 e. The molecule has 126 valence electrons. The molecule has 2 aliphatic heterocycles. The first-order valence-corrected chi connectivity index (χ1v) is 8.91. The van der Waals surface area contributed by atoms with Gasteiger partial charge in [0.05, 0.1) is 11.2 Å². The van der Waals surface area contributed by atoms with Crippen molar-refractivity contribution in [2.24, 2.45) is 5.92 Å². The van der Waals surface area contributed by atoms with Gasteiger partial charge in [-0.25, -0.2) is 0 Å². The second-order valence-corrected chi connectivity index (χ2v) is 8.33. The molecular formula is C19H30BNO2. The monoisotopic (exact) mass is 315 g/mol. The number of hydrogen-bond donors (Lipinski definition) is 0. The molecule has 0 bridgehead atoms. The van der Waals surface area contributed by atoms with Crippen molar-refractivity contribution in [3.8, 4) is 0 Å². The Balaban J connectivity index is 1.80. The first-order valence-electron chi connectivity index (χ1n) is 8.91. The molecule has 2 fully saturated rings. The number of aryl methyl sites for hydroxylation is 1. The lowest BCUT2D eigenvalue weighted by molar-refractivity contribution is 0.00578. The summed E-state index contributed by atoms with van der Waals surface area (Å²) in [6.07, 6.45) is 2.64. The Kier molecular flexibility index (Phi) is 4.26. The number of nitrogens with zero attached hydrogens (tertiary/aromatic N) is 1. The zero-order valence-electron chi connectivity index (χ0n) is 15.5. The van der Waals surface area contributed by atoms with E-state index in [4.69, 9.17) is 9.31 Å². The van der Waals surface area contributed by atoms with Crippen LogP contribution < -0.4 is 10.4 Å². The van der Waals surface area contributed by atoms with Gasteiger partial charge in [0, 0.05) is 18.8 Å². The number of anilines is 1. The maximum Gasteiger partial charge on any atom is 0.494 e. The molecule has 3 rings (SSSR count). The molecule has 2 heterocycles. The highest BCUT2D eigenvalue weighted by Crippen LogP contribution is 2.36. The Bertz CT molecular complexity index is 569. The SMILES string of the molecule is Cc1cc(B2OC(C)(C)C(C)(C)O2)ccc1N1CCCC(C)C1. The minimum Gasteiger partial charge on any atom is -0.399 e. The standard InChI is InChI=1S/C19H30BNO2/c1-14-8-7-11-21(13-14)17-10-9-16(12-15(17)2)20-22-18(3,4)19(5,6)23-20/h9-10,12,14H,7-8,11,13H2,1-6H3. The average molecular weight is 315 g/mol. The molecule has 3 nitrogen and oxygen atoms in total. The van der Waals surface area contributed by atoms with Gasteiger partial charge in [0.15, 0.2) is 0 Å². The molecule has 1 unspecified atom stereocenters. The molecule has 0 aromatic heterocycles. The van der Waals surface area contributed by atoms with Crippen LogP contribution in [0.1, 0.15) is 53.0 Å². The summed E-state index contributed by atoms with van der Waals surface area (Å²) in [5.41, 5.74) is 3.22. The lowest BCUT2D eigenvalue weighted by Gasteiger charge is -2.34. The summed E-state index contributed by atoms with van der Waals surface area (Å²) in [7, 11) is -0.270. The predicted molar refractivity (Wildman–Crippen MR) is 97.5 cm³/mol. The van der Waals surface area contributed by atoms with Crippen LogP contribution in [0, 0.1) is 12.8 Å². The van der Waals surface area contributed by atoms with Gasteiger partial charge in [-0.15, -0.1) is 0 Å². The van der Waals surface area contributed by atoms with Crippen molar-refractivity contribution in [2.75, 3.05) is 18.0 Å². The molecule has 0 spiro atoms. The molecule has 0 radical (unpaired) electrons. The summed E-state index contributed by atoms with van der Waals surface area (Å²) in [5, 5.41) is 0. The third kappa shape index (κ3) is 3.16. The molecular weight excluding hydrogens is 285 g/mol. The Morgan fingerprint density at radius 2 is 1.78 bits per heavy atom. The molecule has 23 heavy (non-hydrogen) atoms. The first-order chi connectivity index (χ1) is 10.7. The van der Waals surface area contributed by atoms with Crippen LogP contribution in [-0.2, 0) is 9.31 Å². The van der Waals surface area contributed by atoms with Gasteiger partial charge in [-0.2, -0.15) is 0 Å². The number of piperidine rings is 1. The van der Waals surface area contributed by atoms with Gasteiger partial charge >= 0.3 is 7.12 Å². The van der Waals surface area contributed by atoms with E-state index < -0.39 is 0 Å². The van der Waals surface area contributed by atoms with Gasteiger partial charge in [0.25, 0.3) is 0 Å². The van der Waals surface area contributed by atoms with E-state index >= 15 is 0 Å². The maximum absolute atomic E-state index is 6.17. The van der Waals surface area contributed by atoms with E-state index in [9.17, 15) is 0 Å². The zero-order valence-corrected chi connectivity index (χ0v) is 15.5. The fourth-order valence-corrected chi connectivity index (χ4v) is 3.57. The third-order valence-corrected chi connectivity index (χ3v) is 5.74. The fraction of sp³-hybridized carbons (Fsp3) is 0.684. The molecule has 0 saturated carbocycles. The maximum atomic E-state index is 6.17. The highest BCUT2D eigenvalue weighted by Gasteiger charge is 2.51. The van der Waals surface area contributed by atoms with Crippen molar-refractivity contribution >= 4 is 18.3 Å². The Morgan fingerprint density at radius 1 is 1.13 bits per heavy atom. The van der Waals surface area contributed by atoms with Crippen LogP contribution in [0.25, 0.3) is 0 Å². The van der Waals surface area contributed by atoms with E-state index in [-0.39, 0.29) is 18.3 Å². The Morgan fingerprint density at radius 3 is 2.35 bits per heavy atom. The van der Waals surface area contributed by atoms with Crippen LogP contribution >= 0.6 is 0 Å². The van der Waals surface area contributed by atoms with Crippen LogP contribution in [0.15, 0.2) is 18.2 Å². The third-order valence-electron chi connectivity index (χ3n) is 5.74. The van der Waals surface area contributed by atoms with Crippen LogP contribution in [0.5, 0.6) is 0 Å². The number of benzene rings is 1. The van der Waals surface area contributed by atoms with E-state index in [0.717, 1.165) is 17.9 Å². The second-order valence-electron chi connectivity index (χ2n) is 8.33. The first kappa shape index (κ1) is 16.8. The lowest BCUT2D eigenvalue weighted by atomic mass is 9.78. The topological polar surface area (TPSA) is 21.7 Å². The van der Waals surface area contributed by atoms with Gasteiger partial charge in [0.1, 0.15) is 0 Å². The molecule has 0 amide bonds. The van der Waals surface area contributed by atoms with E-state index in [1.165, 1.54) is 30.6 Å². The van der Waals surface area contributed by atoms with Gasteiger partial charge < -0.3 is 14.2 Å². The minimum absolute atomic E-state index is 0.270. The largest absolute Gasteiger partial charge is 0.494 e. The summed E-state index contributed by atoms with van der Waals surface area (Å²) in [4.78, 5) is 2.53. The molecule has 4 heteroatoms. The molecule has 1 aromatic rings. The van der Waals surface area contributed by atoms with E-state index in [0.29, 0.717) is 0 Å². The highest BCUT2D eigenvalue weighted by molar-refractivity contribution is 6.62. The number of hydrogen-bond acceptors (Lipinski definition) is 3. The van der Waals surface area contributed by atoms with Crippen LogP contribution in [0.2, 0.25) is 0 Å². The summed E-state index contributed by atoms with van der Waals surface area (Å²) in [6.45, 7) is 15.3. The van der Waals surface area contributed by atoms with Gasteiger partial charge in [-0.1, -0.05) is 19.1 Å². The summed E-state index contributed by atoms with van der Waals surface area (Å²) in [5.74, 6) is 0.783.